The molecule has 0 aliphatic rings. The molecule has 4 heteroatoms. The number of hydrogen-bond acceptors (Lipinski definition) is 3. The van der Waals surface area contributed by atoms with Crippen LogP contribution >= 0.6 is 15.9 Å². The standard InChI is InChI=1S/C14H14BrNO2/c15-13-8-12(6-7-14(13)17)9-16-18-10-11-4-2-1-3-5-11/h1-8,16-17H,9-10H2. The third kappa shape index (κ3) is 3.84. The van der Waals surface area contributed by atoms with Gasteiger partial charge in [-0.05, 0) is 39.2 Å². The van der Waals surface area contributed by atoms with Gasteiger partial charge in [-0.3, -0.25) is 4.84 Å². The van der Waals surface area contributed by atoms with E-state index in [0.29, 0.717) is 17.6 Å². The van der Waals surface area contributed by atoms with Crippen molar-refractivity contribution in [1.82, 2.24) is 5.48 Å². The van der Waals surface area contributed by atoms with Crippen molar-refractivity contribution in [2.75, 3.05) is 0 Å². The number of benzene rings is 2. The zero-order valence-electron chi connectivity index (χ0n) is 9.77. The lowest BCUT2D eigenvalue weighted by Crippen LogP contribution is -2.13. The summed E-state index contributed by atoms with van der Waals surface area (Å²) >= 11 is 3.27. The Morgan fingerprint density at radius 1 is 1.06 bits per heavy atom. The molecule has 0 fully saturated rings. The third-order valence-electron chi connectivity index (χ3n) is 2.47. The fourth-order valence-corrected chi connectivity index (χ4v) is 1.93. The molecule has 0 spiro atoms. The molecule has 0 bridgehead atoms. The van der Waals surface area contributed by atoms with Crippen LogP contribution in [0.2, 0.25) is 0 Å². The fraction of sp³-hybridized carbons (Fsp3) is 0.143. The first kappa shape index (κ1) is 13.1. The molecule has 2 rings (SSSR count). The third-order valence-corrected chi connectivity index (χ3v) is 3.11. The Labute approximate surface area is 114 Å². The molecular formula is C14H14BrNO2. The smallest absolute Gasteiger partial charge is 0.129 e. The Hall–Kier alpha value is -1.36. The summed E-state index contributed by atoms with van der Waals surface area (Å²) in [5.41, 5.74) is 5.05. The molecule has 0 radical (unpaired) electrons. The van der Waals surface area contributed by atoms with Crippen molar-refractivity contribution in [3.8, 4) is 5.75 Å². The molecule has 0 atom stereocenters. The molecular weight excluding hydrogens is 294 g/mol. The van der Waals surface area contributed by atoms with Gasteiger partial charge in [-0.1, -0.05) is 36.4 Å². The van der Waals surface area contributed by atoms with Crippen molar-refractivity contribution in [2.24, 2.45) is 0 Å². The predicted octanol–water partition coefficient (Wildman–Crippen LogP) is 3.38. The Morgan fingerprint density at radius 2 is 1.83 bits per heavy atom. The maximum absolute atomic E-state index is 9.37. The van der Waals surface area contributed by atoms with Crippen molar-refractivity contribution < 1.29 is 9.94 Å². The highest BCUT2D eigenvalue weighted by atomic mass is 79.9. The number of hydrogen-bond donors (Lipinski definition) is 2. The molecule has 2 aromatic carbocycles. The Balaban J connectivity index is 1.77. The first-order chi connectivity index (χ1) is 8.75. The van der Waals surface area contributed by atoms with Crippen LogP contribution in [0.4, 0.5) is 0 Å². The zero-order valence-corrected chi connectivity index (χ0v) is 11.4. The van der Waals surface area contributed by atoms with Gasteiger partial charge in [0.25, 0.3) is 0 Å². The van der Waals surface area contributed by atoms with Crippen molar-refractivity contribution in [3.63, 3.8) is 0 Å². The lowest BCUT2D eigenvalue weighted by atomic mass is 10.2. The van der Waals surface area contributed by atoms with Crippen molar-refractivity contribution in [1.29, 1.82) is 0 Å². The van der Waals surface area contributed by atoms with Gasteiger partial charge in [-0.2, -0.15) is 5.48 Å². The minimum Gasteiger partial charge on any atom is -0.507 e. The summed E-state index contributed by atoms with van der Waals surface area (Å²) in [6.45, 7) is 1.12. The summed E-state index contributed by atoms with van der Waals surface area (Å²) in [5, 5.41) is 9.37. The van der Waals surface area contributed by atoms with Crippen LogP contribution in [0.15, 0.2) is 53.0 Å². The van der Waals surface area contributed by atoms with Crippen LogP contribution in [0.3, 0.4) is 0 Å². The largest absolute Gasteiger partial charge is 0.507 e. The highest BCUT2D eigenvalue weighted by molar-refractivity contribution is 9.10. The topological polar surface area (TPSA) is 41.5 Å². The molecule has 0 aromatic heterocycles. The lowest BCUT2D eigenvalue weighted by molar-refractivity contribution is 0.0235. The summed E-state index contributed by atoms with van der Waals surface area (Å²) in [6.07, 6.45) is 0. The van der Waals surface area contributed by atoms with E-state index in [0.717, 1.165) is 11.1 Å². The predicted molar refractivity (Wildman–Crippen MR) is 73.9 cm³/mol. The normalized spacial score (nSPS) is 10.5. The number of aromatic hydroxyl groups is 1. The minimum atomic E-state index is 0.240. The number of halogens is 1. The molecule has 0 amide bonds. The number of phenolic OH excluding ortho intramolecular Hbond substituents is 1. The lowest BCUT2D eigenvalue weighted by Gasteiger charge is -2.07. The van der Waals surface area contributed by atoms with E-state index in [1.54, 1.807) is 6.07 Å². The number of hydroxylamine groups is 1. The highest BCUT2D eigenvalue weighted by Gasteiger charge is 1.99. The Bertz CT molecular complexity index is 502. The van der Waals surface area contributed by atoms with E-state index < -0.39 is 0 Å². The number of phenols is 1. The van der Waals surface area contributed by atoms with E-state index in [1.165, 1.54) is 0 Å². The second-order valence-corrected chi connectivity index (χ2v) is 4.74. The van der Waals surface area contributed by atoms with Gasteiger partial charge in [0, 0.05) is 6.54 Å². The average Bonchev–Trinajstić information content (AvgIpc) is 2.40. The molecule has 0 heterocycles. The van der Waals surface area contributed by atoms with Gasteiger partial charge in [0.15, 0.2) is 0 Å². The minimum absolute atomic E-state index is 0.240. The molecule has 94 valence electrons. The zero-order chi connectivity index (χ0) is 12.8. The molecule has 0 unspecified atom stereocenters. The van der Waals surface area contributed by atoms with Gasteiger partial charge in [0.1, 0.15) is 5.75 Å². The molecule has 0 saturated carbocycles. The van der Waals surface area contributed by atoms with Gasteiger partial charge >= 0.3 is 0 Å². The number of rotatable bonds is 5. The highest BCUT2D eigenvalue weighted by Crippen LogP contribution is 2.24. The second-order valence-electron chi connectivity index (χ2n) is 3.88. The van der Waals surface area contributed by atoms with Crippen LogP contribution in [0.5, 0.6) is 5.75 Å². The summed E-state index contributed by atoms with van der Waals surface area (Å²) in [5.74, 6) is 0.240. The maximum atomic E-state index is 9.37. The van der Waals surface area contributed by atoms with E-state index in [9.17, 15) is 5.11 Å². The Kier molecular flexibility index (Phi) is 4.75. The van der Waals surface area contributed by atoms with Gasteiger partial charge in [-0.25, -0.2) is 0 Å². The summed E-state index contributed by atoms with van der Waals surface area (Å²) in [7, 11) is 0. The molecule has 0 saturated heterocycles. The summed E-state index contributed by atoms with van der Waals surface area (Å²) in [4.78, 5) is 5.37. The number of nitrogens with one attached hydrogen (secondary N) is 1. The van der Waals surface area contributed by atoms with E-state index in [4.69, 9.17) is 4.84 Å². The first-order valence-electron chi connectivity index (χ1n) is 5.61. The molecule has 2 N–H and O–H groups in total. The van der Waals surface area contributed by atoms with Crippen LogP contribution < -0.4 is 5.48 Å². The van der Waals surface area contributed by atoms with E-state index in [2.05, 4.69) is 21.4 Å². The van der Waals surface area contributed by atoms with E-state index in [-0.39, 0.29) is 5.75 Å². The first-order valence-corrected chi connectivity index (χ1v) is 6.41. The van der Waals surface area contributed by atoms with Crippen molar-refractivity contribution in [3.05, 3.63) is 64.1 Å². The van der Waals surface area contributed by atoms with E-state index in [1.807, 2.05) is 42.5 Å². The molecule has 0 aliphatic carbocycles. The van der Waals surface area contributed by atoms with Gasteiger partial charge in [-0.15, -0.1) is 0 Å². The van der Waals surface area contributed by atoms with Crippen LogP contribution in [0.25, 0.3) is 0 Å². The van der Waals surface area contributed by atoms with Gasteiger partial charge in [0.05, 0.1) is 11.1 Å². The fourth-order valence-electron chi connectivity index (χ4n) is 1.50. The van der Waals surface area contributed by atoms with Crippen LogP contribution in [-0.4, -0.2) is 5.11 Å². The molecule has 0 aliphatic heterocycles. The summed E-state index contributed by atoms with van der Waals surface area (Å²) in [6, 6.07) is 15.3. The second kappa shape index (κ2) is 6.54. The average molecular weight is 308 g/mol. The van der Waals surface area contributed by atoms with E-state index >= 15 is 0 Å². The van der Waals surface area contributed by atoms with Crippen molar-refractivity contribution in [2.45, 2.75) is 13.2 Å². The van der Waals surface area contributed by atoms with Gasteiger partial charge < -0.3 is 5.11 Å². The monoisotopic (exact) mass is 307 g/mol. The quantitative estimate of drug-likeness (QED) is 0.657. The van der Waals surface area contributed by atoms with Crippen LogP contribution in [0.1, 0.15) is 11.1 Å². The maximum Gasteiger partial charge on any atom is 0.129 e. The van der Waals surface area contributed by atoms with Gasteiger partial charge in [0.2, 0.25) is 0 Å². The molecule has 2 aromatic rings. The molecule has 3 nitrogen and oxygen atoms in total. The molecule has 18 heavy (non-hydrogen) atoms. The van der Waals surface area contributed by atoms with Crippen LogP contribution in [0, 0.1) is 0 Å². The van der Waals surface area contributed by atoms with Crippen LogP contribution in [-0.2, 0) is 18.0 Å². The summed E-state index contributed by atoms with van der Waals surface area (Å²) < 4.78 is 0.685. The Morgan fingerprint density at radius 3 is 2.56 bits per heavy atom. The van der Waals surface area contributed by atoms with Crippen molar-refractivity contribution >= 4 is 15.9 Å². The SMILES string of the molecule is Oc1ccc(CNOCc2ccccc2)cc1Br.